The zero-order chi connectivity index (χ0) is 15.9. The maximum absolute atomic E-state index is 11.9. The molecule has 0 atom stereocenters. The molecular weight excluding hydrogens is 290 g/mol. The van der Waals surface area contributed by atoms with Crippen LogP contribution in [0.1, 0.15) is 12.0 Å². The summed E-state index contributed by atoms with van der Waals surface area (Å²) in [6.07, 6.45) is 4.76. The van der Waals surface area contributed by atoms with Crippen LogP contribution in [-0.2, 0) is 16.1 Å². The van der Waals surface area contributed by atoms with Crippen molar-refractivity contribution < 1.29 is 9.63 Å². The van der Waals surface area contributed by atoms with Crippen LogP contribution in [0.25, 0.3) is 0 Å². The predicted molar refractivity (Wildman–Crippen MR) is 88.9 cm³/mol. The molecule has 120 valence electrons. The van der Waals surface area contributed by atoms with E-state index in [-0.39, 0.29) is 5.97 Å². The molecule has 1 aliphatic rings. The highest BCUT2D eigenvalue weighted by Gasteiger charge is 2.20. The van der Waals surface area contributed by atoms with Gasteiger partial charge in [0.1, 0.15) is 0 Å². The predicted octanol–water partition coefficient (Wildman–Crippen LogP) is 2.29. The van der Waals surface area contributed by atoms with E-state index in [1.807, 2.05) is 42.6 Å². The first kappa shape index (κ1) is 15.5. The number of hydroxylamine groups is 2. The Kier molecular flexibility index (Phi) is 5.21. The Morgan fingerprint density at radius 3 is 2.52 bits per heavy atom. The average molecular weight is 311 g/mol. The monoisotopic (exact) mass is 311 g/mol. The highest BCUT2D eigenvalue weighted by atomic mass is 16.7. The molecule has 1 aromatic heterocycles. The van der Waals surface area contributed by atoms with Gasteiger partial charge in [-0.2, -0.15) is 0 Å². The van der Waals surface area contributed by atoms with Gasteiger partial charge in [-0.1, -0.05) is 30.3 Å². The molecule has 0 N–H and O–H groups in total. The highest BCUT2D eigenvalue weighted by Crippen LogP contribution is 2.14. The van der Waals surface area contributed by atoms with Crippen molar-refractivity contribution in [2.45, 2.75) is 12.8 Å². The van der Waals surface area contributed by atoms with Crippen LogP contribution in [0.15, 0.2) is 54.9 Å². The summed E-state index contributed by atoms with van der Waals surface area (Å²) >= 11 is 0. The van der Waals surface area contributed by atoms with Crippen LogP contribution >= 0.6 is 0 Å². The Labute approximate surface area is 136 Å². The zero-order valence-corrected chi connectivity index (χ0v) is 13.1. The van der Waals surface area contributed by atoms with Crippen molar-refractivity contribution >= 4 is 11.7 Å². The Morgan fingerprint density at radius 2 is 1.83 bits per heavy atom. The van der Waals surface area contributed by atoms with Gasteiger partial charge in [0, 0.05) is 19.3 Å². The molecule has 2 heterocycles. The number of aromatic nitrogens is 1. The Hall–Kier alpha value is -2.40. The van der Waals surface area contributed by atoms with Crippen LogP contribution in [0.2, 0.25) is 0 Å². The molecule has 2 aromatic rings. The van der Waals surface area contributed by atoms with E-state index in [1.54, 1.807) is 11.3 Å². The third-order valence-corrected chi connectivity index (χ3v) is 3.94. The zero-order valence-electron chi connectivity index (χ0n) is 13.1. The summed E-state index contributed by atoms with van der Waals surface area (Å²) in [7, 11) is 0. The van der Waals surface area contributed by atoms with E-state index in [1.165, 1.54) is 0 Å². The molecule has 0 unspecified atom stereocenters. The van der Waals surface area contributed by atoms with Gasteiger partial charge in [0.25, 0.3) is 0 Å². The van der Waals surface area contributed by atoms with Gasteiger partial charge in [-0.05, 0) is 24.1 Å². The minimum Gasteiger partial charge on any atom is -0.368 e. The number of benzene rings is 1. The van der Waals surface area contributed by atoms with Crippen molar-refractivity contribution in [1.82, 2.24) is 10.0 Å². The second-order valence-electron chi connectivity index (χ2n) is 5.58. The molecule has 0 radical (unpaired) electrons. The first-order valence-electron chi connectivity index (χ1n) is 7.96. The van der Waals surface area contributed by atoms with Gasteiger partial charge in [0.2, 0.25) is 0 Å². The summed E-state index contributed by atoms with van der Waals surface area (Å²) in [5, 5.41) is 1.76. The van der Waals surface area contributed by atoms with Crippen LogP contribution in [0.5, 0.6) is 0 Å². The van der Waals surface area contributed by atoms with E-state index in [2.05, 4.69) is 16.0 Å². The molecule has 1 fully saturated rings. The van der Waals surface area contributed by atoms with Gasteiger partial charge in [-0.25, -0.2) is 0 Å². The van der Waals surface area contributed by atoms with Crippen LogP contribution in [0.3, 0.4) is 0 Å². The summed E-state index contributed by atoms with van der Waals surface area (Å²) in [4.78, 5) is 23.8. The van der Waals surface area contributed by atoms with Gasteiger partial charge in [-0.15, -0.1) is 5.06 Å². The fourth-order valence-corrected chi connectivity index (χ4v) is 2.66. The maximum Gasteiger partial charge on any atom is 0.325 e. The average Bonchev–Trinajstić information content (AvgIpc) is 2.62. The number of carbonyl (C=O) groups is 1. The van der Waals surface area contributed by atoms with Gasteiger partial charge in [0.15, 0.2) is 0 Å². The number of carbonyl (C=O) groups excluding carboxylic acids is 1. The number of rotatable bonds is 5. The summed E-state index contributed by atoms with van der Waals surface area (Å²) in [6, 6.07) is 14.0. The second kappa shape index (κ2) is 7.74. The molecule has 1 aliphatic heterocycles. The van der Waals surface area contributed by atoms with Gasteiger partial charge in [0.05, 0.1) is 31.4 Å². The number of hydrogen-bond donors (Lipinski definition) is 0. The fourth-order valence-electron chi connectivity index (χ4n) is 2.66. The quantitative estimate of drug-likeness (QED) is 0.848. The minimum atomic E-state index is -0.163. The van der Waals surface area contributed by atoms with E-state index in [9.17, 15) is 4.79 Å². The lowest BCUT2D eigenvalue weighted by molar-refractivity contribution is -0.191. The molecule has 5 heteroatoms. The van der Waals surface area contributed by atoms with Crippen molar-refractivity contribution in [2.75, 3.05) is 31.1 Å². The number of pyridine rings is 1. The number of hydrogen-bond acceptors (Lipinski definition) is 5. The van der Waals surface area contributed by atoms with E-state index in [0.717, 1.165) is 30.8 Å². The van der Waals surface area contributed by atoms with E-state index >= 15 is 0 Å². The van der Waals surface area contributed by atoms with Crippen molar-refractivity contribution in [2.24, 2.45) is 0 Å². The van der Waals surface area contributed by atoms with Crippen LogP contribution < -0.4 is 4.90 Å². The smallest absolute Gasteiger partial charge is 0.325 e. The third-order valence-electron chi connectivity index (χ3n) is 3.94. The lowest BCUT2D eigenvalue weighted by Gasteiger charge is -2.34. The Balaban J connectivity index is 1.41. The van der Waals surface area contributed by atoms with E-state index in [0.29, 0.717) is 19.5 Å². The van der Waals surface area contributed by atoms with E-state index < -0.39 is 0 Å². The van der Waals surface area contributed by atoms with Gasteiger partial charge in [-0.3, -0.25) is 9.78 Å². The van der Waals surface area contributed by atoms with Crippen molar-refractivity contribution in [3.05, 3.63) is 60.4 Å². The topological polar surface area (TPSA) is 45.7 Å². The molecule has 0 bridgehead atoms. The van der Waals surface area contributed by atoms with Gasteiger partial charge >= 0.3 is 5.97 Å². The van der Waals surface area contributed by atoms with Crippen LogP contribution in [0, 0.1) is 0 Å². The van der Waals surface area contributed by atoms with Crippen molar-refractivity contribution in [3.8, 4) is 0 Å². The highest BCUT2D eigenvalue weighted by molar-refractivity contribution is 5.69. The van der Waals surface area contributed by atoms with Crippen LogP contribution in [0.4, 0.5) is 5.69 Å². The minimum absolute atomic E-state index is 0.163. The molecule has 1 aromatic carbocycles. The SMILES string of the molecule is O=C(CCc1ccccc1)ON1CCN(c2cccnc2)CC1. The van der Waals surface area contributed by atoms with Crippen molar-refractivity contribution in [3.63, 3.8) is 0 Å². The summed E-state index contributed by atoms with van der Waals surface area (Å²) in [5.41, 5.74) is 2.27. The fraction of sp³-hybridized carbons (Fsp3) is 0.333. The maximum atomic E-state index is 11.9. The van der Waals surface area contributed by atoms with Crippen LogP contribution in [-0.4, -0.2) is 42.2 Å². The lowest BCUT2D eigenvalue weighted by Crippen LogP contribution is -2.47. The normalized spacial score (nSPS) is 15.4. The molecule has 0 spiro atoms. The molecule has 0 amide bonds. The Bertz CT molecular complexity index is 611. The molecule has 3 rings (SSSR count). The van der Waals surface area contributed by atoms with Gasteiger partial charge < -0.3 is 9.74 Å². The molecule has 1 saturated heterocycles. The van der Waals surface area contributed by atoms with Crippen molar-refractivity contribution in [1.29, 1.82) is 0 Å². The summed E-state index contributed by atoms with van der Waals surface area (Å²) < 4.78 is 0. The standard InChI is InChI=1S/C18H21N3O2/c22-18(9-8-16-5-2-1-3-6-16)23-21-13-11-20(12-14-21)17-7-4-10-19-15-17/h1-7,10,15H,8-9,11-14H2. The first-order valence-corrected chi connectivity index (χ1v) is 7.96. The Morgan fingerprint density at radius 1 is 1.04 bits per heavy atom. The summed E-state index contributed by atoms with van der Waals surface area (Å²) in [5.74, 6) is -0.163. The van der Waals surface area contributed by atoms with E-state index in [4.69, 9.17) is 4.84 Å². The second-order valence-corrected chi connectivity index (χ2v) is 5.58. The first-order chi connectivity index (χ1) is 11.3. The molecular formula is C18H21N3O2. The number of anilines is 1. The third kappa shape index (κ3) is 4.53. The number of piperazine rings is 1. The molecule has 5 nitrogen and oxygen atoms in total. The summed E-state index contributed by atoms with van der Waals surface area (Å²) in [6.45, 7) is 3.09. The molecule has 0 aliphatic carbocycles. The lowest BCUT2D eigenvalue weighted by atomic mass is 10.1. The number of nitrogens with zero attached hydrogens (tertiary/aromatic N) is 3. The molecule has 0 saturated carbocycles. The molecule has 23 heavy (non-hydrogen) atoms. The number of aryl methyl sites for hydroxylation is 1. The largest absolute Gasteiger partial charge is 0.368 e.